The molecule has 3 aromatic carbocycles. The van der Waals surface area contributed by atoms with Crippen LogP contribution in [0.15, 0.2) is 83.8 Å². The molecule has 0 saturated carbocycles. The number of ether oxygens (including phenoxy) is 1. The Kier molecular flexibility index (Phi) is 11.9. The second-order valence-corrected chi connectivity index (χ2v) is 13.1. The Morgan fingerprint density at radius 3 is 2.47 bits per heavy atom. The van der Waals surface area contributed by atoms with Gasteiger partial charge in [0.05, 0.1) is 18.7 Å². The average Bonchev–Trinajstić information content (AvgIpc) is 3.29. The molecule has 45 heavy (non-hydrogen) atoms. The van der Waals surface area contributed by atoms with Crippen LogP contribution in [0.4, 0.5) is 11.4 Å². The predicted molar refractivity (Wildman–Crippen MR) is 188 cm³/mol. The molecule has 2 fully saturated rings. The van der Waals surface area contributed by atoms with E-state index < -0.39 is 6.04 Å². The topological polar surface area (TPSA) is 65.1 Å². The summed E-state index contributed by atoms with van der Waals surface area (Å²) in [6.07, 6.45) is 7.37. The number of piperidine rings is 1. The number of likely N-dealkylation sites (tertiary alicyclic amines) is 1. The number of hydrogen-bond donors (Lipinski definition) is 1. The second-order valence-electron chi connectivity index (χ2n) is 11.8. The van der Waals surface area contributed by atoms with Gasteiger partial charge in [-0.2, -0.15) is 0 Å². The fourth-order valence-corrected chi connectivity index (χ4v) is 7.01. The van der Waals surface area contributed by atoms with E-state index >= 15 is 0 Å². The molecule has 0 spiro atoms. The summed E-state index contributed by atoms with van der Waals surface area (Å²) in [5, 5.41) is 3.43. The molecule has 0 aliphatic carbocycles. The van der Waals surface area contributed by atoms with Crippen molar-refractivity contribution in [2.75, 3.05) is 49.3 Å². The first kappa shape index (κ1) is 33.0. The monoisotopic (exact) mass is 644 g/mol. The smallest absolute Gasteiger partial charge is 0.256 e. The molecule has 1 N–H and O–H groups in total. The first-order chi connectivity index (χ1) is 21.9. The van der Waals surface area contributed by atoms with Crippen LogP contribution in [-0.4, -0.2) is 71.8 Å². The van der Waals surface area contributed by atoms with Gasteiger partial charge in [0.25, 0.3) is 5.91 Å². The number of rotatable bonds is 14. The molecule has 2 heterocycles. The number of benzene rings is 3. The highest BCUT2D eigenvalue weighted by molar-refractivity contribution is 7.98. The molecular formula is C36H44N4O3S2. The van der Waals surface area contributed by atoms with Gasteiger partial charge in [-0.3, -0.25) is 14.5 Å². The van der Waals surface area contributed by atoms with Crippen LogP contribution in [0.2, 0.25) is 0 Å². The third-order valence-corrected chi connectivity index (χ3v) is 9.71. The van der Waals surface area contributed by atoms with Crippen molar-refractivity contribution in [3.05, 3.63) is 84.4 Å². The zero-order chi connectivity index (χ0) is 31.6. The van der Waals surface area contributed by atoms with Crippen LogP contribution in [0.3, 0.4) is 0 Å². The standard InChI is InChI=1S/C36H44N4O3S2/c1-3-23-43-31-15-13-29(14-16-31)37-34(41)26-33-35(42)40(30-11-7-12-32(25-30)45-2)36(44)39(33)20-8-19-38-21-17-28(18-22-38)24-27-9-5-4-6-10-27/h4-7,9-16,25,28,33H,3,8,17-24,26H2,1-2H3,(H,37,41)/t33-/m0/s1. The highest BCUT2D eigenvalue weighted by Crippen LogP contribution is 2.30. The number of amides is 2. The van der Waals surface area contributed by atoms with Gasteiger partial charge in [0.2, 0.25) is 5.91 Å². The van der Waals surface area contributed by atoms with Gasteiger partial charge < -0.3 is 19.9 Å². The Balaban J connectivity index is 1.20. The Hall–Kier alpha value is -3.40. The van der Waals surface area contributed by atoms with E-state index in [0.717, 1.165) is 61.1 Å². The SMILES string of the molecule is CCCOc1ccc(NC(=O)C[C@H]2C(=O)N(c3cccc(SC)c3)C(=S)N2CCCN2CCC(Cc3ccccc3)CC2)cc1. The molecule has 0 aromatic heterocycles. The van der Waals surface area contributed by atoms with Crippen molar-refractivity contribution < 1.29 is 14.3 Å². The summed E-state index contributed by atoms with van der Waals surface area (Å²) in [5.41, 5.74) is 2.83. The Morgan fingerprint density at radius 2 is 1.76 bits per heavy atom. The molecule has 1 atom stereocenters. The van der Waals surface area contributed by atoms with Crippen molar-refractivity contribution in [3.8, 4) is 5.75 Å². The van der Waals surface area contributed by atoms with Gasteiger partial charge in [-0.1, -0.05) is 43.3 Å². The van der Waals surface area contributed by atoms with Crippen molar-refractivity contribution >= 4 is 52.3 Å². The molecule has 2 amide bonds. The lowest BCUT2D eigenvalue weighted by molar-refractivity contribution is -0.124. The second kappa shape index (κ2) is 16.2. The molecular weight excluding hydrogens is 601 g/mol. The minimum Gasteiger partial charge on any atom is -0.494 e. The fraction of sp³-hybridized carbons (Fsp3) is 0.417. The van der Waals surface area contributed by atoms with Crippen LogP contribution in [-0.2, 0) is 16.0 Å². The van der Waals surface area contributed by atoms with Gasteiger partial charge in [-0.25, -0.2) is 0 Å². The number of hydrogen-bond acceptors (Lipinski definition) is 6. The Morgan fingerprint density at radius 1 is 1.00 bits per heavy atom. The van der Waals surface area contributed by atoms with Gasteiger partial charge in [0, 0.05) is 17.1 Å². The molecule has 0 radical (unpaired) electrons. The predicted octanol–water partition coefficient (Wildman–Crippen LogP) is 6.87. The lowest BCUT2D eigenvalue weighted by atomic mass is 9.90. The van der Waals surface area contributed by atoms with Crippen LogP contribution >= 0.6 is 24.0 Å². The summed E-state index contributed by atoms with van der Waals surface area (Å²) < 4.78 is 5.65. The summed E-state index contributed by atoms with van der Waals surface area (Å²) in [6, 6.07) is 25.3. The first-order valence-corrected chi connectivity index (χ1v) is 17.7. The van der Waals surface area contributed by atoms with E-state index in [4.69, 9.17) is 17.0 Å². The number of carbonyl (C=O) groups excluding carboxylic acids is 2. The average molecular weight is 645 g/mol. The van der Waals surface area contributed by atoms with Crippen LogP contribution in [0, 0.1) is 5.92 Å². The van der Waals surface area contributed by atoms with Gasteiger partial charge in [0.15, 0.2) is 5.11 Å². The number of nitrogens with zero attached hydrogens (tertiary/aromatic N) is 3. The Bertz CT molecular complexity index is 1430. The number of carbonyl (C=O) groups is 2. The minimum atomic E-state index is -0.654. The molecule has 2 saturated heterocycles. The normalized spacial score (nSPS) is 17.6. The molecule has 2 aliphatic heterocycles. The summed E-state index contributed by atoms with van der Waals surface area (Å²) in [7, 11) is 0. The van der Waals surface area contributed by atoms with E-state index in [1.165, 1.54) is 18.4 Å². The van der Waals surface area contributed by atoms with E-state index in [1.54, 1.807) is 16.7 Å². The van der Waals surface area contributed by atoms with Gasteiger partial charge in [-0.15, -0.1) is 11.8 Å². The van der Waals surface area contributed by atoms with E-state index in [-0.39, 0.29) is 18.2 Å². The zero-order valence-corrected chi connectivity index (χ0v) is 28.0. The number of anilines is 2. The highest BCUT2D eigenvalue weighted by Gasteiger charge is 2.44. The molecule has 7 nitrogen and oxygen atoms in total. The Labute approximate surface area is 277 Å². The largest absolute Gasteiger partial charge is 0.494 e. The molecule has 5 rings (SSSR count). The number of thioether (sulfide) groups is 1. The van der Waals surface area contributed by atoms with Crippen molar-refractivity contribution in [3.63, 3.8) is 0 Å². The zero-order valence-electron chi connectivity index (χ0n) is 26.3. The van der Waals surface area contributed by atoms with Crippen LogP contribution in [0.25, 0.3) is 0 Å². The van der Waals surface area contributed by atoms with Gasteiger partial charge in [0.1, 0.15) is 11.8 Å². The van der Waals surface area contributed by atoms with Crippen LogP contribution in [0.5, 0.6) is 5.75 Å². The minimum absolute atomic E-state index is 0.0245. The van der Waals surface area contributed by atoms with Gasteiger partial charge >= 0.3 is 0 Å². The molecule has 0 unspecified atom stereocenters. The molecule has 3 aromatic rings. The third kappa shape index (κ3) is 8.87. The quantitative estimate of drug-likeness (QED) is 0.152. The number of nitrogens with one attached hydrogen (secondary N) is 1. The van der Waals surface area contributed by atoms with Gasteiger partial charge in [-0.05, 0) is 124 Å². The lowest BCUT2D eigenvalue weighted by Crippen LogP contribution is -2.40. The van der Waals surface area contributed by atoms with E-state index in [2.05, 4.69) is 47.5 Å². The lowest BCUT2D eigenvalue weighted by Gasteiger charge is -2.33. The van der Waals surface area contributed by atoms with Crippen LogP contribution < -0.4 is 15.0 Å². The van der Waals surface area contributed by atoms with E-state index in [0.29, 0.717) is 24.0 Å². The summed E-state index contributed by atoms with van der Waals surface area (Å²) in [4.78, 5) is 34.3. The summed E-state index contributed by atoms with van der Waals surface area (Å²) in [5.74, 6) is 1.11. The fourth-order valence-electron chi connectivity index (χ4n) is 6.14. The molecule has 9 heteroatoms. The first-order valence-electron chi connectivity index (χ1n) is 16.0. The number of thiocarbonyl (C=S) groups is 1. The third-order valence-electron chi connectivity index (χ3n) is 8.57. The molecule has 238 valence electrons. The van der Waals surface area contributed by atoms with E-state index in [1.807, 2.05) is 59.7 Å². The van der Waals surface area contributed by atoms with Crippen LogP contribution in [0.1, 0.15) is 44.6 Å². The van der Waals surface area contributed by atoms with Crippen molar-refractivity contribution in [2.45, 2.75) is 56.4 Å². The molecule has 2 aliphatic rings. The maximum absolute atomic E-state index is 13.9. The summed E-state index contributed by atoms with van der Waals surface area (Å²) in [6.45, 7) is 6.44. The maximum atomic E-state index is 13.9. The summed E-state index contributed by atoms with van der Waals surface area (Å²) >= 11 is 7.54. The van der Waals surface area contributed by atoms with Crippen molar-refractivity contribution in [1.29, 1.82) is 0 Å². The van der Waals surface area contributed by atoms with Crippen molar-refractivity contribution in [2.24, 2.45) is 5.92 Å². The van der Waals surface area contributed by atoms with E-state index in [9.17, 15) is 9.59 Å². The maximum Gasteiger partial charge on any atom is 0.256 e. The highest BCUT2D eigenvalue weighted by atomic mass is 32.2. The van der Waals surface area contributed by atoms with Crippen molar-refractivity contribution in [1.82, 2.24) is 9.80 Å². The molecule has 0 bridgehead atoms.